The zero-order valence-corrected chi connectivity index (χ0v) is 8.83. The van der Waals surface area contributed by atoms with Crippen LogP contribution >= 0.6 is 11.8 Å². The van der Waals surface area contributed by atoms with E-state index in [0.717, 1.165) is 17.8 Å². The summed E-state index contributed by atoms with van der Waals surface area (Å²) in [5.74, 6) is -0.822. The summed E-state index contributed by atoms with van der Waals surface area (Å²) in [6, 6.07) is 3.46. The lowest BCUT2D eigenvalue weighted by Gasteiger charge is -2.15. The van der Waals surface area contributed by atoms with Crippen molar-refractivity contribution in [2.75, 3.05) is 6.26 Å². The third-order valence-corrected chi connectivity index (χ3v) is 2.44. The second kappa shape index (κ2) is 4.90. The first-order chi connectivity index (χ1) is 7.35. The fourth-order valence-electron chi connectivity index (χ4n) is 1.09. The molecule has 0 heterocycles. The van der Waals surface area contributed by atoms with Gasteiger partial charge in [-0.25, -0.2) is 8.78 Å². The van der Waals surface area contributed by atoms with E-state index in [9.17, 15) is 22.0 Å². The summed E-state index contributed by atoms with van der Waals surface area (Å²) in [5.41, 5.74) is -0.760. The molecule has 1 rings (SSSR count). The van der Waals surface area contributed by atoms with Crippen molar-refractivity contribution in [2.24, 2.45) is 0 Å². The van der Waals surface area contributed by atoms with Gasteiger partial charge in [0.1, 0.15) is 0 Å². The van der Waals surface area contributed by atoms with E-state index in [1.54, 1.807) is 0 Å². The molecule has 0 fully saturated rings. The van der Waals surface area contributed by atoms with Crippen LogP contribution < -0.4 is 4.74 Å². The molecular weight excluding hydrogens is 251 g/mol. The average molecular weight is 258 g/mol. The lowest BCUT2D eigenvalue weighted by atomic mass is 10.2. The van der Waals surface area contributed by atoms with Gasteiger partial charge in [0.05, 0.1) is 5.56 Å². The Morgan fingerprint density at radius 1 is 1.25 bits per heavy atom. The normalized spacial score (nSPS) is 11.9. The van der Waals surface area contributed by atoms with Crippen LogP contribution in [0.4, 0.5) is 22.0 Å². The molecule has 7 heteroatoms. The van der Waals surface area contributed by atoms with E-state index in [-0.39, 0.29) is 4.90 Å². The van der Waals surface area contributed by atoms with Crippen molar-refractivity contribution in [1.29, 1.82) is 0 Å². The summed E-state index contributed by atoms with van der Waals surface area (Å²) in [6.45, 7) is 0. The molecule has 0 radical (unpaired) electrons. The minimum Gasteiger partial charge on any atom is -0.404 e. The second-order valence-corrected chi connectivity index (χ2v) is 3.58. The van der Waals surface area contributed by atoms with Gasteiger partial charge in [-0.1, -0.05) is 6.07 Å². The molecule has 0 aliphatic carbocycles. The van der Waals surface area contributed by atoms with Gasteiger partial charge in [0.25, 0.3) is 6.43 Å². The van der Waals surface area contributed by atoms with Crippen molar-refractivity contribution in [1.82, 2.24) is 0 Å². The van der Waals surface area contributed by atoms with Crippen LogP contribution in [0.5, 0.6) is 5.75 Å². The number of thioether (sulfide) groups is 1. The van der Waals surface area contributed by atoms with Gasteiger partial charge < -0.3 is 4.74 Å². The minimum absolute atomic E-state index is 0.0233. The Morgan fingerprint density at radius 3 is 2.31 bits per heavy atom. The van der Waals surface area contributed by atoms with Crippen molar-refractivity contribution in [3.05, 3.63) is 23.8 Å². The Morgan fingerprint density at radius 2 is 1.88 bits per heavy atom. The van der Waals surface area contributed by atoms with Crippen molar-refractivity contribution in [2.45, 2.75) is 17.7 Å². The third-order valence-electron chi connectivity index (χ3n) is 1.68. The zero-order chi connectivity index (χ0) is 12.3. The van der Waals surface area contributed by atoms with E-state index in [1.807, 2.05) is 0 Å². The van der Waals surface area contributed by atoms with Gasteiger partial charge in [0, 0.05) is 4.90 Å². The standard InChI is InChI=1S/C9H7F5OS/c1-16-6-4-2-3-5(8(10)11)7(6)15-9(12,13)14/h2-4,8H,1H3. The summed E-state index contributed by atoms with van der Waals surface area (Å²) in [7, 11) is 0. The highest BCUT2D eigenvalue weighted by Gasteiger charge is 2.34. The van der Waals surface area contributed by atoms with Crippen LogP contribution in [0.15, 0.2) is 23.1 Å². The number of hydrogen-bond donors (Lipinski definition) is 0. The molecule has 0 saturated heterocycles. The maximum Gasteiger partial charge on any atom is 0.573 e. The van der Waals surface area contributed by atoms with Crippen LogP contribution in [0.1, 0.15) is 12.0 Å². The summed E-state index contributed by atoms with van der Waals surface area (Å²) in [5, 5.41) is 0. The molecule has 0 atom stereocenters. The molecule has 1 aromatic carbocycles. The predicted octanol–water partition coefficient (Wildman–Crippen LogP) is 4.24. The van der Waals surface area contributed by atoms with Crippen LogP contribution in [0.2, 0.25) is 0 Å². The summed E-state index contributed by atoms with van der Waals surface area (Å²) >= 11 is 0.909. The van der Waals surface area contributed by atoms with Crippen LogP contribution in [0, 0.1) is 0 Å². The first-order valence-corrected chi connectivity index (χ1v) is 5.28. The highest BCUT2D eigenvalue weighted by atomic mass is 32.2. The maximum absolute atomic E-state index is 12.5. The van der Waals surface area contributed by atoms with Crippen LogP contribution in [0.3, 0.4) is 0 Å². The van der Waals surface area contributed by atoms with Gasteiger partial charge in [-0.05, 0) is 18.4 Å². The smallest absolute Gasteiger partial charge is 0.404 e. The Kier molecular flexibility index (Phi) is 4.01. The van der Waals surface area contributed by atoms with E-state index < -0.39 is 24.1 Å². The highest BCUT2D eigenvalue weighted by molar-refractivity contribution is 7.98. The summed E-state index contributed by atoms with van der Waals surface area (Å²) < 4.78 is 64.6. The van der Waals surface area contributed by atoms with E-state index in [4.69, 9.17) is 0 Å². The van der Waals surface area contributed by atoms with Gasteiger partial charge in [0.2, 0.25) is 0 Å². The van der Waals surface area contributed by atoms with Gasteiger partial charge >= 0.3 is 6.36 Å². The van der Waals surface area contributed by atoms with Gasteiger partial charge in [-0.2, -0.15) is 0 Å². The Labute approximate surface area is 92.6 Å². The number of alkyl halides is 5. The molecule has 0 amide bonds. The number of halogens is 5. The van der Waals surface area contributed by atoms with Crippen molar-refractivity contribution >= 4 is 11.8 Å². The number of para-hydroxylation sites is 1. The van der Waals surface area contributed by atoms with Crippen molar-refractivity contribution in [3.63, 3.8) is 0 Å². The minimum atomic E-state index is -4.98. The predicted molar refractivity (Wildman–Crippen MR) is 49.9 cm³/mol. The second-order valence-electron chi connectivity index (χ2n) is 2.73. The van der Waals surface area contributed by atoms with Gasteiger partial charge in [-0.3, -0.25) is 0 Å². The molecular formula is C9H7F5OS. The van der Waals surface area contributed by atoms with Crippen molar-refractivity contribution in [3.8, 4) is 5.75 Å². The molecule has 0 aliphatic heterocycles. The fraction of sp³-hybridized carbons (Fsp3) is 0.333. The summed E-state index contributed by atoms with van der Waals surface area (Å²) in [6.07, 6.45) is -6.51. The third kappa shape index (κ3) is 3.26. The average Bonchev–Trinajstić information content (AvgIpc) is 2.15. The lowest BCUT2D eigenvalue weighted by Crippen LogP contribution is -2.18. The number of ether oxygens (including phenoxy) is 1. The molecule has 90 valence electrons. The maximum atomic E-state index is 12.5. The van der Waals surface area contributed by atoms with E-state index in [2.05, 4.69) is 4.74 Å². The molecule has 1 aromatic rings. The lowest BCUT2D eigenvalue weighted by molar-refractivity contribution is -0.276. The molecule has 0 aromatic heterocycles. The Balaban J connectivity index is 3.20. The van der Waals surface area contributed by atoms with Crippen LogP contribution in [0.25, 0.3) is 0 Å². The molecule has 0 bridgehead atoms. The molecule has 16 heavy (non-hydrogen) atoms. The molecule has 0 spiro atoms. The SMILES string of the molecule is CSc1cccc(C(F)F)c1OC(F)(F)F. The topological polar surface area (TPSA) is 9.23 Å². The van der Waals surface area contributed by atoms with E-state index >= 15 is 0 Å². The molecule has 0 unspecified atom stereocenters. The molecule has 0 N–H and O–H groups in total. The van der Waals surface area contributed by atoms with Crippen LogP contribution in [-0.2, 0) is 0 Å². The van der Waals surface area contributed by atoms with E-state index in [0.29, 0.717) is 0 Å². The number of hydrogen-bond acceptors (Lipinski definition) is 2. The number of rotatable bonds is 3. The largest absolute Gasteiger partial charge is 0.573 e. The fourth-order valence-corrected chi connectivity index (χ4v) is 1.65. The first kappa shape index (κ1) is 13.1. The Hall–Kier alpha value is -0.980. The number of benzene rings is 1. The zero-order valence-electron chi connectivity index (χ0n) is 8.02. The first-order valence-electron chi connectivity index (χ1n) is 4.06. The monoisotopic (exact) mass is 258 g/mol. The van der Waals surface area contributed by atoms with Gasteiger partial charge in [-0.15, -0.1) is 24.9 Å². The van der Waals surface area contributed by atoms with Gasteiger partial charge in [0.15, 0.2) is 5.75 Å². The summed E-state index contributed by atoms with van der Waals surface area (Å²) in [4.78, 5) is 0.0233. The molecule has 1 nitrogen and oxygen atoms in total. The molecule has 0 saturated carbocycles. The Bertz CT molecular complexity index is 363. The highest BCUT2D eigenvalue weighted by Crippen LogP contribution is 2.39. The molecule has 0 aliphatic rings. The van der Waals surface area contributed by atoms with Crippen LogP contribution in [-0.4, -0.2) is 12.6 Å². The van der Waals surface area contributed by atoms with Crippen molar-refractivity contribution < 1.29 is 26.7 Å². The quantitative estimate of drug-likeness (QED) is 0.592. The van der Waals surface area contributed by atoms with E-state index in [1.165, 1.54) is 18.4 Å².